The van der Waals surface area contributed by atoms with Crippen LogP contribution in [-0.2, 0) is 88.2 Å². The van der Waals surface area contributed by atoms with Gasteiger partial charge in [-0.2, -0.15) is 44.2 Å². The normalized spacial score (nSPS) is 12.1. The van der Waals surface area contributed by atoms with Gasteiger partial charge in [0.1, 0.15) is 38.2 Å². The highest BCUT2D eigenvalue weighted by atomic mass is 32.2. The molecule has 2 heterocycles. The largest absolute Gasteiger partial charge is 0.425 e. The summed E-state index contributed by atoms with van der Waals surface area (Å²) in [5, 5.41) is 45.0. The zero-order chi connectivity index (χ0) is 77.0. The summed E-state index contributed by atoms with van der Waals surface area (Å²) in [6.07, 6.45) is -0.0622. The van der Waals surface area contributed by atoms with Crippen LogP contribution in [0.5, 0.6) is 0 Å². The number of pyridine rings is 1. The van der Waals surface area contributed by atoms with E-state index in [1.54, 1.807) is 25.1 Å². The van der Waals surface area contributed by atoms with Gasteiger partial charge in [-0.15, -0.1) is 45.7 Å². The molecule has 41 heteroatoms. The maximum atomic E-state index is 15.0. The number of aromatic nitrogens is 1. The third kappa shape index (κ3) is 18.0. The van der Waals surface area contributed by atoms with Crippen molar-refractivity contribution in [2.75, 3.05) is 14.8 Å². The minimum atomic E-state index is -4.98. The lowest BCUT2D eigenvalue weighted by molar-refractivity contribution is 0.481. The second-order valence-corrected chi connectivity index (χ2v) is 32.9. The minimum absolute atomic E-state index is 0.0144. The SMILES string of the molecule is Cc1c(C#N)c(Cc2ccc(S(=O)(=O)O)cc2)nc(Nc2ccc(S(=O)(=O)O)cc2)c1N=Nc1sc(N=Nc2ccc3cc(S(=O)(=O)Nc4cc(S(=O)(=O)O)c5ccccc5c4)cc(S(=O)(=O)Nc4ccc5cccc(S(=O)(=O)O)c5c4)c3c2)c(-c2ccc3ccccc3c2)c1C#N.O=S(=O)=O.O=S(=O)=O. The van der Waals surface area contributed by atoms with Gasteiger partial charge in [0.25, 0.3) is 60.5 Å². The van der Waals surface area contributed by atoms with Crippen molar-refractivity contribution in [3.8, 4) is 23.3 Å². The lowest BCUT2D eigenvalue weighted by Gasteiger charge is -2.16. The number of azo groups is 2. The first kappa shape index (κ1) is 77.1. The van der Waals surface area contributed by atoms with Gasteiger partial charge in [0.2, 0.25) is 0 Å². The highest BCUT2D eigenvalue weighted by Crippen LogP contribution is 2.49. The fraction of sp³-hybridized carbons (Fsp3) is 0.0308. The maximum Gasteiger partial charge on any atom is 0.425 e. The van der Waals surface area contributed by atoms with Gasteiger partial charge >= 0.3 is 21.2 Å². The van der Waals surface area contributed by atoms with E-state index in [2.05, 4.69) is 47.4 Å². The standard InChI is InChI=1S/C65H44N10O16S7.2O3S/c1-37-55(35-66)57(27-38-13-23-49(24-14-38)95(80,81)82)69-63(68-45-21-25-50(26-22-45)96(83,84)85)62(37)71-72-64-56(36-67)61(44-16-15-39-7-2-3-8-41(39)28-44)65(92-64)73-70-46-19-18-43-30-51(93(76,77)75-48-29-42-9-4-5-11-52(42)60(33-48)98(89,90)91)34-59(54(43)31-46)94(78,79)74-47-20-17-40-10-6-12-58(53(40)32-47)97(86,87)88;2*1-4(2)3/h2-26,28-34,74-75H,27H2,1H3,(H,68,69)(H,80,81,82)(H,83,84,85)(H,86,87,88)(H,89,90,91);;. The molecule has 32 nitrogen and oxygen atoms in total. The third-order valence-electron chi connectivity index (χ3n) is 15.3. The number of fused-ring (bicyclic) bond motifs is 4. The van der Waals surface area contributed by atoms with Gasteiger partial charge in [-0.05, 0) is 142 Å². The number of nitrogens with zero attached hydrogens (tertiary/aromatic N) is 7. The Kier molecular flexibility index (Phi) is 22.3. The highest BCUT2D eigenvalue weighted by Gasteiger charge is 2.28. The van der Waals surface area contributed by atoms with Crippen molar-refractivity contribution in [1.82, 2.24) is 4.98 Å². The van der Waals surface area contributed by atoms with E-state index in [1.807, 2.05) is 30.3 Å². The molecule has 0 aliphatic heterocycles. The first-order chi connectivity index (χ1) is 49.8. The van der Waals surface area contributed by atoms with Crippen LogP contribution in [0.1, 0.15) is 27.9 Å². The summed E-state index contributed by atoms with van der Waals surface area (Å²) in [6.45, 7) is 1.54. The topological polar surface area (TPSA) is 534 Å². The van der Waals surface area contributed by atoms with Gasteiger partial charge in [-0.25, -0.2) is 21.8 Å². The van der Waals surface area contributed by atoms with Gasteiger partial charge in [0.05, 0.1) is 42.2 Å². The van der Waals surface area contributed by atoms with Crippen molar-refractivity contribution in [2.45, 2.75) is 42.7 Å². The summed E-state index contributed by atoms with van der Waals surface area (Å²) in [7, 11) is -35.0. The van der Waals surface area contributed by atoms with Crippen LogP contribution in [0.3, 0.4) is 0 Å². The van der Waals surface area contributed by atoms with Crippen LogP contribution < -0.4 is 14.8 Å². The third-order valence-corrected chi connectivity index (χ3v) is 22.6. The van der Waals surface area contributed by atoms with Crippen LogP contribution >= 0.6 is 11.3 Å². The average Bonchev–Trinajstić information content (AvgIpc) is 0.812. The Morgan fingerprint density at radius 3 is 1.60 bits per heavy atom. The molecule has 540 valence electrons. The monoisotopic (exact) mass is 1600 g/mol. The van der Waals surface area contributed by atoms with Crippen LogP contribution in [-0.4, -0.2) is 99.0 Å². The van der Waals surface area contributed by atoms with Crippen LogP contribution in [0.15, 0.2) is 244 Å². The lowest BCUT2D eigenvalue weighted by Crippen LogP contribution is -2.17. The summed E-state index contributed by atoms with van der Waals surface area (Å²) in [6, 6.07) is 48.9. The average molecular weight is 1610 g/mol. The highest BCUT2D eigenvalue weighted by molar-refractivity contribution is 7.93. The molecule has 0 radical (unpaired) electrons. The van der Waals surface area contributed by atoms with Gasteiger partial charge < -0.3 is 5.32 Å². The molecule has 0 spiro atoms. The molecule has 10 aromatic carbocycles. The molecule has 7 N–H and O–H groups in total. The summed E-state index contributed by atoms with van der Waals surface area (Å²) in [5.41, 5.74) is 1.02. The quantitative estimate of drug-likeness (QED) is 0.0292. The number of nitrogens with one attached hydrogen (secondary N) is 3. The molecular formula is C65H44N10O22S9. The molecule has 2 aromatic heterocycles. The van der Waals surface area contributed by atoms with Crippen molar-refractivity contribution >= 4 is 180 Å². The lowest BCUT2D eigenvalue weighted by atomic mass is 10.00. The van der Waals surface area contributed by atoms with E-state index in [0.29, 0.717) is 16.5 Å². The summed E-state index contributed by atoms with van der Waals surface area (Å²) in [4.78, 5) is 1.42. The zero-order valence-corrected chi connectivity index (χ0v) is 60.5. The number of hydrogen-bond donors (Lipinski definition) is 7. The van der Waals surface area contributed by atoms with Crippen LogP contribution in [0.25, 0.3) is 54.2 Å². The molecule has 0 unspecified atom stereocenters. The molecular weight excluding hydrogens is 1560 g/mol. The number of hydrogen-bond acceptors (Lipinski definition) is 27. The smallest absolute Gasteiger partial charge is 0.338 e. The number of rotatable bonds is 19. The van der Waals surface area contributed by atoms with Gasteiger partial charge in [0.15, 0.2) is 10.8 Å². The van der Waals surface area contributed by atoms with Crippen molar-refractivity contribution in [2.24, 2.45) is 20.5 Å². The molecule has 0 aliphatic carbocycles. The Morgan fingerprint density at radius 1 is 0.443 bits per heavy atom. The van der Waals surface area contributed by atoms with E-state index in [1.165, 1.54) is 103 Å². The molecule has 0 amide bonds. The molecule has 12 rings (SSSR count). The van der Waals surface area contributed by atoms with E-state index in [4.69, 9.17) is 30.2 Å². The van der Waals surface area contributed by atoms with Crippen molar-refractivity contribution in [3.05, 3.63) is 222 Å². The maximum absolute atomic E-state index is 15.0. The van der Waals surface area contributed by atoms with Crippen molar-refractivity contribution in [3.63, 3.8) is 0 Å². The van der Waals surface area contributed by atoms with E-state index < -0.39 is 106 Å². The van der Waals surface area contributed by atoms with Crippen LogP contribution in [0.4, 0.5) is 44.3 Å². The fourth-order valence-corrected chi connectivity index (χ4v) is 16.5. The Balaban J connectivity index is 0.00000143. The van der Waals surface area contributed by atoms with Crippen molar-refractivity contribution in [1.29, 1.82) is 10.5 Å². The summed E-state index contributed by atoms with van der Waals surface area (Å²) < 4.78 is 252. The molecule has 0 saturated heterocycles. The number of anilines is 4. The fourth-order valence-electron chi connectivity index (χ4n) is 10.8. The zero-order valence-electron chi connectivity index (χ0n) is 53.1. The van der Waals surface area contributed by atoms with E-state index in [0.717, 1.165) is 64.6 Å². The van der Waals surface area contributed by atoms with Crippen LogP contribution in [0, 0.1) is 29.6 Å². The molecule has 0 atom stereocenters. The van der Waals surface area contributed by atoms with E-state index in [-0.39, 0.29) is 110 Å². The molecule has 0 aliphatic rings. The Morgan fingerprint density at radius 2 is 0.981 bits per heavy atom. The Bertz CT molecular complexity index is 6760. The van der Waals surface area contributed by atoms with Gasteiger partial charge in [-0.1, -0.05) is 108 Å². The summed E-state index contributed by atoms with van der Waals surface area (Å²) in [5.74, 6) is -0.0456. The molecule has 0 saturated carbocycles. The number of thiophene rings is 1. The molecule has 0 fully saturated rings. The number of sulfonamides is 2. The van der Waals surface area contributed by atoms with Crippen LogP contribution in [0.2, 0.25) is 0 Å². The van der Waals surface area contributed by atoms with E-state index in [9.17, 15) is 79.2 Å². The predicted octanol–water partition coefficient (Wildman–Crippen LogP) is 12.2. The molecule has 12 aromatic rings. The van der Waals surface area contributed by atoms with Gasteiger partial charge in [-0.3, -0.25) is 27.7 Å². The molecule has 106 heavy (non-hydrogen) atoms. The Hall–Kier alpha value is -11.6. The number of benzene rings is 10. The van der Waals surface area contributed by atoms with E-state index >= 15 is 0 Å². The minimum Gasteiger partial charge on any atom is -0.338 e. The number of nitriles is 2. The summed E-state index contributed by atoms with van der Waals surface area (Å²) >= 11 is 0.840. The second-order valence-electron chi connectivity index (χ2n) is 22.1. The first-order valence-corrected chi connectivity index (χ1v) is 40.8. The van der Waals surface area contributed by atoms with Crippen molar-refractivity contribution < 1.29 is 94.0 Å². The second kappa shape index (κ2) is 30.6. The van der Waals surface area contributed by atoms with Gasteiger partial charge in [0, 0.05) is 45.1 Å². The predicted molar refractivity (Wildman–Crippen MR) is 385 cm³/mol. The Labute approximate surface area is 608 Å². The first-order valence-electron chi connectivity index (χ1n) is 29.2. The molecule has 0 bridgehead atoms.